The van der Waals surface area contributed by atoms with Crippen molar-refractivity contribution >= 4 is 39.5 Å². The molecule has 2 atom stereocenters. The Morgan fingerprint density at radius 1 is 1.20 bits per heavy atom. The molecule has 8 nitrogen and oxygen atoms in total. The van der Waals surface area contributed by atoms with Gasteiger partial charge in [0.1, 0.15) is 17.6 Å². The second-order valence-corrected chi connectivity index (χ2v) is 8.69. The van der Waals surface area contributed by atoms with Gasteiger partial charge in [-0.15, -0.1) is 0 Å². The summed E-state index contributed by atoms with van der Waals surface area (Å²) in [5, 5.41) is 8.39. The van der Waals surface area contributed by atoms with Crippen molar-refractivity contribution in [3.8, 4) is 11.4 Å². The number of aromatic amines is 1. The van der Waals surface area contributed by atoms with Crippen molar-refractivity contribution in [2.45, 2.75) is 16.4 Å². The molecule has 1 N–H and O–H groups in total. The molecule has 0 saturated carbocycles. The van der Waals surface area contributed by atoms with Gasteiger partial charge in [0.2, 0.25) is 0 Å². The highest BCUT2D eigenvalue weighted by Gasteiger charge is 2.39. The number of likely N-dealkylation sites (tertiary alicyclic amines) is 1. The molecule has 2 aromatic heterocycles. The third kappa shape index (κ3) is 3.22. The van der Waals surface area contributed by atoms with Crippen LogP contribution in [0.4, 0.5) is 0 Å². The molecule has 1 saturated heterocycles. The molecule has 0 bridgehead atoms. The standard InChI is InChI=1S/C21H19IN6O2/c1-30-13-6-7-16-17(12-13)26-20(25-16)19-15(22)8-11-27(19)21(29)14-4-2-3-5-18(14)28-23-9-10-24-28/h2-7,9-10,12,15,19H,8,11H2,1H3,(H,25,26)/t15-,19-/m0/s1. The molecule has 3 heterocycles. The van der Waals surface area contributed by atoms with Crippen LogP contribution in [-0.2, 0) is 0 Å². The quantitative estimate of drug-likeness (QED) is 0.333. The number of nitrogens with one attached hydrogen (secondary N) is 1. The maximum atomic E-state index is 13.6. The first-order valence-corrected chi connectivity index (χ1v) is 10.8. The average Bonchev–Trinajstić information content (AvgIpc) is 3.51. The van der Waals surface area contributed by atoms with Crippen LogP contribution in [0.25, 0.3) is 16.7 Å². The number of hydrogen-bond donors (Lipinski definition) is 1. The summed E-state index contributed by atoms with van der Waals surface area (Å²) in [7, 11) is 1.64. The summed E-state index contributed by atoms with van der Waals surface area (Å²) in [5.74, 6) is 1.51. The van der Waals surface area contributed by atoms with Crippen LogP contribution in [0.3, 0.4) is 0 Å². The van der Waals surface area contributed by atoms with Crippen molar-refractivity contribution in [3.63, 3.8) is 0 Å². The van der Waals surface area contributed by atoms with E-state index >= 15 is 0 Å². The lowest BCUT2D eigenvalue weighted by molar-refractivity contribution is 0.0733. The number of carbonyl (C=O) groups excluding carboxylic acids is 1. The van der Waals surface area contributed by atoms with Gasteiger partial charge >= 0.3 is 0 Å². The Hall–Kier alpha value is -2.95. The lowest BCUT2D eigenvalue weighted by atomic mass is 10.1. The number of ether oxygens (including phenoxy) is 1. The van der Waals surface area contributed by atoms with Gasteiger partial charge in [0, 0.05) is 16.5 Å². The summed E-state index contributed by atoms with van der Waals surface area (Å²) in [6.07, 6.45) is 4.10. The van der Waals surface area contributed by atoms with Gasteiger partial charge in [-0.25, -0.2) is 4.98 Å². The molecule has 1 fully saturated rings. The van der Waals surface area contributed by atoms with E-state index in [9.17, 15) is 4.79 Å². The monoisotopic (exact) mass is 514 g/mol. The normalized spacial score (nSPS) is 18.8. The van der Waals surface area contributed by atoms with Crippen LogP contribution in [0.5, 0.6) is 5.75 Å². The highest BCUT2D eigenvalue weighted by molar-refractivity contribution is 14.1. The van der Waals surface area contributed by atoms with Crippen molar-refractivity contribution in [1.29, 1.82) is 0 Å². The lowest BCUT2D eigenvalue weighted by Gasteiger charge is -2.25. The summed E-state index contributed by atoms with van der Waals surface area (Å²) in [6.45, 7) is 0.665. The molecule has 30 heavy (non-hydrogen) atoms. The van der Waals surface area contributed by atoms with Crippen molar-refractivity contribution in [3.05, 3.63) is 66.2 Å². The van der Waals surface area contributed by atoms with E-state index in [1.807, 2.05) is 47.4 Å². The molecule has 4 aromatic rings. The van der Waals surface area contributed by atoms with Crippen molar-refractivity contribution in [1.82, 2.24) is 29.9 Å². The first-order valence-electron chi connectivity index (χ1n) is 9.60. The van der Waals surface area contributed by atoms with Gasteiger partial charge in [-0.3, -0.25) is 4.79 Å². The summed E-state index contributed by atoms with van der Waals surface area (Å²) in [5.41, 5.74) is 2.99. The van der Waals surface area contributed by atoms with E-state index < -0.39 is 0 Å². The van der Waals surface area contributed by atoms with Crippen molar-refractivity contribution in [2.75, 3.05) is 13.7 Å². The number of hydrogen-bond acceptors (Lipinski definition) is 5. The molecule has 0 radical (unpaired) electrons. The van der Waals surface area contributed by atoms with Gasteiger partial charge in [0.15, 0.2) is 0 Å². The smallest absolute Gasteiger partial charge is 0.256 e. The maximum Gasteiger partial charge on any atom is 0.256 e. The van der Waals surface area contributed by atoms with E-state index in [0.717, 1.165) is 29.0 Å². The number of alkyl halides is 1. The zero-order valence-corrected chi connectivity index (χ0v) is 18.4. The first-order chi connectivity index (χ1) is 14.7. The molecule has 0 aliphatic carbocycles. The van der Waals surface area contributed by atoms with Crippen LogP contribution in [0.2, 0.25) is 0 Å². The van der Waals surface area contributed by atoms with E-state index in [4.69, 9.17) is 9.72 Å². The Bertz CT molecular complexity index is 1210. The number of amides is 1. The predicted octanol–water partition coefficient (Wildman–Crippen LogP) is 3.54. The van der Waals surface area contributed by atoms with E-state index in [1.165, 1.54) is 4.80 Å². The second-order valence-electron chi connectivity index (χ2n) is 7.09. The van der Waals surface area contributed by atoms with Crippen LogP contribution < -0.4 is 4.74 Å². The minimum absolute atomic E-state index is 0.0508. The minimum Gasteiger partial charge on any atom is -0.497 e. The fraction of sp³-hybridized carbons (Fsp3) is 0.238. The Labute approximate surface area is 186 Å². The maximum absolute atomic E-state index is 13.6. The Morgan fingerprint density at radius 2 is 2.00 bits per heavy atom. The number of aromatic nitrogens is 5. The highest BCUT2D eigenvalue weighted by Crippen LogP contribution is 2.38. The lowest BCUT2D eigenvalue weighted by Crippen LogP contribution is -2.33. The van der Waals surface area contributed by atoms with Gasteiger partial charge in [-0.05, 0) is 30.7 Å². The molecular weight excluding hydrogens is 495 g/mol. The highest BCUT2D eigenvalue weighted by atomic mass is 127. The molecule has 2 aromatic carbocycles. The zero-order valence-electron chi connectivity index (χ0n) is 16.2. The van der Waals surface area contributed by atoms with Crippen LogP contribution >= 0.6 is 22.6 Å². The van der Waals surface area contributed by atoms with Gasteiger partial charge in [-0.1, -0.05) is 34.7 Å². The Morgan fingerprint density at radius 3 is 2.80 bits per heavy atom. The van der Waals surface area contributed by atoms with Gasteiger partial charge < -0.3 is 14.6 Å². The topological polar surface area (TPSA) is 88.9 Å². The molecule has 5 rings (SSSR count). The number of imidazole rings is 1. The number of halogens is 1. The number of methoxy groups -OCH3 is 1. The Balaban J connectivity index is 1.53. The summed E-state index contributed by atoms with van der Waals surface area (Å²) in [4.78, 5) is 25.2. The number of carbonyl (C=O) groups is 1. The summed E-state index contributed by atoms with van der Waals surface area (Å²) in [6, 6.07) is 13.0. The van der Waals surface area contributed by atoms with Crippen molar-refractivity contribution < 1.29 is 9.53 Å². The number of nitrogens with zero attached hydrogens (tertiary/aromatic N) is 5. The fourth-order valence-corrected chi connectivity index (χ4v) is 4.91. The first kappa shape index (κ1) is 19.0. The van der Waals surface area contributed by atoms with Crippen molar-refractivity contribution in [2.24, 2.45) is 0 Å². The van der Waals surface area contributed by atoms with Gasteiger partial charge in [-0.2, -0.15) is 15.0 Å². The third-order valence-electron chi connectivity index (χ3n) is 5.34. The SMILES string of the molecule is COc1ccc2nc([C@@H]3[C@@H](I)CCN3C(=O)c3ccccc3-n3nccn3)[nH]c2c1. The fourth-order valence-electron chi connectivity index (χ4n) is 3.90. The third-order valence-corrected chi connectivity index (χ3v) is 6.65. The zero-order chi connectivity index (χ0) is 20.7. The van der Waals surface area contributed by atoms with Crippen LogP contribution in [0.1, 0.15) is 28.6 Å². The van der Waals surface area contributed by atoms with Crippen LogP contribution in [0.15, 0.2) is 54.9 Å². The van der Waals surface area contributed by atoms with Crippen LogP contribution in [-0.4, -0.2) is 53.3 Å². The molecule has 0 unspecified atom stereocenters. The molecule has 152 valence electrons. The number of fused-ring (bicyclic) bond motifs is 1. The summed E-state index contributed by atoms with van der Waals surface area (Å²) < 4.78 is 5.57. The van der Waals surface area contributed by atoms with Gasteiger partial charge in [0.25, 0.3) is 5.91 Å². The largest absolute Gasteiger partial charge is 0.497 e. The number of H-pyrrole nitrogens is 1. The number of benzene rings is 2. The average molecular weight is 514 g/mol. The van der Waals surface area contributed by atoms with E-state index in [0.29, 0.717) is 17.8 Å². The van der Waals surface area contributed by atoms with Gasteiger partial charge in [0.05, 0.1) is 41.8 Å². The van der Waals surface area contributed by atoms with E-state index in [-0.39, 0.29) is 15.9 Å². The number of para-hydroxylation sites is 1. The minimum atomic E-state index is -0.143. The van der Waals surface area contributed by atoms with Crippen LogP contribution in [0, 0.1) is 0 Å². The molecule has 1 aliphatic heterocycles. The van der Waals surface area contributed by atoms with E-state index in [2.05, 4.69) is 37.8 Å². The number of rotatable bonds is 4. The molecule has 9 heteroatoms. The molecule has 1 amide bonds. The second kappa shape index (κ2) is 7.71. The summed E-state index contributed by atoms with van der Waals surface area (Å²) >= 11 is 2.41. The molecule has 0 spiro atoms. The van der Waals surface area contributed by atoms with E-state index in [1.54, 1.807) is 19.5 Å². The molecule has 1 aliphatic rings. The predicted molar refractivity (Wildman–Crippen MR) is 120 cm³/mol. The Kier molecular flexibility index (Phi) is 4.89. The molecular formula is C21H19IN6O2.